The predicted molar refractivity (Wildman–Crippen MR) is 69.1 cm³/mol. The predicted octanol–water partition coefficient (Wildman–Crippen LogP) is 2.55. The van der Waals surface area contributed by atoms with Gasteiger partial charge in [0.25, 0.3) is 0 Å². The summed E-state index contributed by atoms with van der Waals surface area (Å²) in [5.41, 5.74) is 0.749. The Morgan fingerprint density at radius 1 is 1.35 bits per heavy atom. The summed E-state index contributed by atoms with van der Waals surface area (Å²) in [5, 5.41) is 0.248. The number of hydrogen-bond donors (Lipinski definition) is 1. The minimum atomic E-state index is -3.34. The third-order valence-corrected chi connectivity index (χ3v) is 2.98. The van der Waals surface area contributed by atoms with E-state index >= 15 is 0 Å². The third kappa shape index (κ3) is 4.02. The number of hydrogen-bond acceptors (Lipinski definition) is 3. The molecule has 0 amide bonds. The number of rotatable bonds is 4. The SMILES string of the molecule is CC(C)C(=O)c1ccc(NS(C)(=O)=O)cc1Cl. The molecule has 4 nitrogen and oxygen atoms in total. The number of Topliss-reactive ketones (excluding diaryl/α,β-unsaturated/α-hetero) is 1. The molecule has 6 heteroatoms. The Bertz CT molecular complexity index is 538. The van der Waals surface area contributed by atoms with Crippen molar-refractivity contribution in [3.05, 3.63) is 28.8 Å². The highest BCUT2D eigenvalue weighted by molar-refractivity contribution is 7.92. The standard InChI is InChI=1S/C11H14ClNO3S/c1-7(2)11(14)9-5-4-8(6-10(9)12)13-17(3,15)16/h4-7,13H,1-3H3. The van der Waals surface area contributed by atoms with Crippen LogP contribution < -0.4 is 4.72 Å². The molecule has 0 spiro atoms. The number of carbonyl (C=O) groups is 1. The number of sulfonamides is 1. The summed E-state index contributed by atoms with van der Waals surface area (Å²) in [5.74, 6) is -0.220. The van der Waals surface area contributed by atoms with Crippen molar-refractivity contribution >= 4 is 33.1 Å². The van der Waals surface area contributed by atoms with E-state index in [1.54, 1.807) is 13.8 Å². The van der Waals surface area contributed by atoms with Gasteiger partial charge in [0.2, 0.25) is 10.0 Å². The molecule has 0 saturated heterocycles. The summed E-state index contributed by atoms with van der Waals surface area (Å²) in [6, 6.07) is 4.47. The molecular weight excluding hydrogens is 262 g/mol. The van der Waals surface area contributed by atoms with Crippen molar-refractivity contribution in [1.29, 1.82) is 0 Å². The van der Waals surface area contributed by atoms with Gasteiger partial charge in [-0.25, -0.2) is 8.42 Å². The molecule has 0 heterocycles. The maximum Gasteiger partial charge on any atom is 0.229 e. The number of carbonyl (C=O) groups excluding carboxylic acids is 1. The van der Waals surface area contributed by atoms with Crippen molar-refractivity contribution in [2.75, 3.05) is 11.0 Å². The molecule has 0 aliphatic heterocycles. The fraction of sp³-hybridized carbons (Fsp3) is 0.364. The van der Waals surface area contributed by atoms with E-state index in [1.807, 2.05) is 0 Å². The second-order valence-electron chi connectivity index (χ2n) is 4.09. The first kappa shape index (κ1) is 14.0. The molecule has 0 unspecified atom stereocenters. The van der Waals surface area contributed by atoms with E-state index in [2.05, 4.69) is 4.72 Å². The molecule has 1 aromatic carbocycles. The van der Waals surface area contributed by atoms with Crippen LogP contribution >= 0.6 is 11.6 Å². The van der Waals surface area contributed by atoms with Crippen LogP contribution in [0.2, 0.25) is 5.02 Å². The molecule has 1 N–H and O–H groups in total. The zero-order chi connectivity index (χ0) is 13.2. The molecule has 0 atom stereocenters. The van der Waals surface area contributed by atoms with Crippen LogP contribution in [-0.4, -0.2) is 20.5 Å². The number of halogens is 1. The van der Waals surface area contributed by atoms with Crippen LogP contribution in [0.4, 0.5) is 5.69 Å². The maximum atomic E-state index is 11.7. The van der Waals surface area contributed by atoms with Gasteiger partial charge in [-0.3, -0.25) is 9.52 Å². The van der Waals surface area contributed by atoms with E-state index < -0.39 is 10.0 Å². The van der Waals surface area contributed by atoms with Crippen LogP contribution in [0.15, 0.2) is 18.2 Å². The Hall–Kier alpha value is -1.07. The van der Waals surface area contributed by atoms with Gasteiger partial charge in [-0.15, -0.1) is 0 Å². The molecule has 0 radical (unpaired) electrons. The van der Waals surface area contributed by atoms with Gasteiger partial charge in [0.15, 0.2) is 5.78 Å². The maximum absolute atomic E-state index is 11.7. The van der Waals surface area contributed by atoms with Gasteiger partial charge in [0.1, 0.15) is 0 Å². The van der Waals surface area contributed by atoms with E-state index in [0.29, 0.717) is 11.3 Å². The van der Waals surface area contributed by atoms with Gasteiger partial charge in [0, 0.05) is 17.2 Å². The van der Waals surface area contributed by atoms with Gasteiger partial charge in [0.05, 0.1) is 11.3 Å². The highest BCUT2D eigenvalue weighted by atomic mass is 35.5. The molecule has 0 saturated carbocycles. The van der Waals surface area contributed by atoms with Crippen molar-refractivity contribution in [3.8, 4) is 0 Å². The Kier molecular flexibility index (Phi) is 4.16. The second kappa shape index (κ2) is 5.06. The summed E-state index contributed by atoms with van der Waals surface area (Å²) < 4.78 is 24.3. The highest BCUT2D eigenvalue weighted by Crippen LogP contribution is 2.23. The molecule has 0 fully saturated rings. The largest absolute Gasteiger partial charge is 0.294 e. The molecule has 94 valence electrons. The van der Waals surface area contributed by atoms with E-state index in [-0.39, 0.29) is 16.7 Å². The summed E-state index contributed by atoms with van der Waals surface area (Å²) in [6.07, 6.45) is 1.05. The fourth-order valence-electron chi connectivity index (χ4n) is 1.30. The average molecular weight is 276 g/mol. The first-order chi connectivity index (χ1) is 7.70. The second-order valence-corrected chi connectivity index (χ2v) is 6.24. The molecule has 0 aliphatic rings. The summed E-state index contributed by atoms with van der Waals surface area (Å²) in [6.45, 7) is 3.56. The zero-order valence-corrected chi connectivity index (χ0v) is 11.4. The zero-order valence-electron chi connectivity index (χ0n) is 9.82. The van der Waals surface area contributed by atoms with Crippen LogP contribution in [0.5, 0.6) is 0 Å². The lowest BCUT2D eigenvalue weighted by Crippen LogP contribution is -2.11. The van der Waals surface area contributed by atoms with Crippen LogP contribution in [0.1, 0.15) is 24.2 Å². The van der Waals surface area contributed by atoms with E-state index in [1.165, 1.54) is 18.2 Å². The van der Waals surface area contributed by atoms with Gasteiger partial charge in [-0.05, 0) is 18.2 Å². The van der Waals surface area contributed by atoms with Gasteiger partial charge in [-0.1, -0.05) is 25.4 Å². The molecule has 1 rings (SSSR count). The van der Waals surface area contributed by atoms with E-state index in [0.717, 1.165) is 6.26 Å². The molecule has 0 aliphatic carbocycles. The molecule has 17 heavy (non-hydrogen) atoms. The normalized spacial score (nSPS) is 11.6. The van der Waals surface area contributed by atoms with E-state index in [9.17, 15) is 13.2 Å². The lowest BCUT2D eigenvalue weighted by Gasteiger charge is -2.09. The first-order valence-electron chi connectivity index (χ1n) is 5.02. The van der Waals surface area contributed by atoms with Crippen molar-refractivity contribution in [1.82, 2.24) is 0 Å². The molecular formula is C11H14ClNO3S. The number of anilines is 1. The van der Waals surface area contributed by atoms with Crippen LogP contribution in [0, 0.1) is 5.92 Å². The minimum absolute atomic E-state index is 0.0686. The summed E-state index contributed by atoms with van der Waals surface area (Å²) in [4.78, 5) is 11.7. The third-order valence-electron chi connectivity index (χ3n) is 2.06. The monoisotopic (exact) mass is 275 g/mol. The van der Waals surface area contributed by atoms with Crippen LogP contribution in [-0.2, 0) is 10.0 Å². The van der Waals surface area contributed by atoms with Crippen molar-refractivity contribution in [2.45, 2.75) is 13.8 Å². The topological polar surface area (TPSA) is 63.2 Å². The van der Waals surface area contributed by atoms with E-state index in [4.69, 9.17) is 11.6 Å². The van der Waals surface area contributed by atoms with Crippen molar-refractivity contribution < 1.29 is 13.2 Å². The fourth-order valence-corrected chi connectivity index (χ4v) is 2.13. The smallest absolute Gasteiger partial charge is 0.229 e. The minimum Gasteiger partial charge on any atom is -0.294 e. The summed E-state index contributed by atoms with van der Waals surface area (Å²) in [7, 11) is -3.34. The Balaban J connectivity index is 3.06. The van der Waals surface area contributed by atoms with Crippen molar-refractivity contribution in [2.24, 2.45) is 5.92 Å². The Morgan fingerprint density at radius 2 is 1.94 bits per heavy atom. The van der Waals surface area contributed by atoms with Crippen LogP contribution in [0.25, 0.3) is 0 Å². The molecule has 1 aromatic rings. The lowest BCUT2D eigenvalue weighted by molar-refractivity contribution is 0.0939. The van der Waals surface area contributed by atoms with Gasteiger partial charge >= 0.3 is 0 Å². The molecule has 0 bridgehead atoms. The van der Waals surface area contributed by atoms with Crippen LogP contribution in [0.3, 0.4) is 0 Å². The van der Waals surface area contributed by atoms with Gasteiger partial charge in [-0.2, -0.15) is 0 Å². The Labute approximate surface area is 106 Å². The first-order valence-corrected chi connectivity index (χ1v) is 7.29. The summed E-state index contributed by atoms with van der Waals surface area (Å²) >= 11 is 5.94. The Morgan fingerprint density at radius 3 is 2.35 bits per heavy atom. The highest BCUT2D eigenvalue weighted by Gasteiger charge is 2.14. The number of benzene rings is 1. The average Bonchev–Trinajstić information content (AvgIpc) is 2.14. The van der Waals surface area contributed by atoms with Crippen molar-refractivity contribution in [3.63, 3.8) is 0 Å². The quantitative estimate of drug-likeness (QED) is 0.859. The lowest BCUT2D eigenvalue weighted by atomic mass is 10.0. The van der Waals surface area contributed by atoms with Gasteiger partial charge < -0.3 is 0 Å². The number of nitrogens with one attached hydrogen (secondary N) is 1. The molecule has 0 aromatic heterocycles. The number of ketones is 1.